The molecule has 0 radical (unpaired) electrons. The van der Waals surface area contributed by atoms with E-state index in [9.17, 15) is 27.9 Å². The Balaban J connectivity index is 1.95. The molecule has 0 bridgehead atoms. The van der Waals surface area contributed by atoms with E-state index in [1.807, 2.05) is 0 Å². The minimum absolute atomic E-state index is 0.0391. The minimum Gasteiger partial charge on any atom is -0.493 e. The van der Waals surface area contributed by atoms with Crippen molar-refractivity contribution in [3.8, 4) is 17.2 Å². The number of alkyl halides is 3. The Kier molecular flexibility index (Phi) is 8.22. The molecule has 2 amide bonds. The van der Waals surface area contributed by atoms with Crippen LogP contribution in [0.4, 0.5) is 18.0 Å². The van der Waals surface area contributed by atoms with Crippen LogP contribution in [0.15, 0.2) is 24.3 Å². The quantitative estimate of drug-likeness (QED) is 0.320. The molecule has 10 nitrogen and oxygen atoms in total. The number of benzene rings is 1. The maximum atomic E-state index is 14.2. The Morgan fingerprint density at radius 3 is 2.32 bits per heavy atom. The lowest BCUT2D eigenvalue weighted by molar-refractivity contribution is -0.265. The molecule has 0 saturated heterocycles. The van der Waals surface area contributed by atoms with Crippen LogP contribution in [-0.4, -0.2) is 60.2 Å². The summed E-state index contributed by atoms with van der Waals surface area (Å²) in [7, 11) is 2.53. The zero-order valence-corrected chi connectivity index (χ0v) is 21.7. The summed E-state index contributed by atoms with van der Waals surface area (Å²) < 4.78 is 58.7. The van der Waals surface area contributed by atoms with Crippen molar-refractivity contribution in [1.82, 2.24) is 15.6 Å². The molecule has 1 aliphatic carbocycles. The van der Waals surface area contributed by atoms with Crippen molar-refractivity contribution >= 4 is 23.6 Å². The highest BCUT2D eigenvalue weighted by molar-refractivity contribution is 6.31. The lowest BCUT2D eigenvalue weighted by Crippen LogP contribution is -2.52. The van der Waals surface area contributed by atoms with Gasteiger partial charge in [-0.15, -0.1) is 0 Å². The summed E-state index contributed by atoms with van der Waals surface area (Å²) in [6.07, 6.45) is -4.97. The standard InChI is InChI=1S/C24H27ClF3N3O7/c1-22(2,31-21(33)34)14-10-17(30-19(25)18(14)37-4)23(35,24(26,27)28)11-29-20(32)12-5-8-15(16(9-12)36-3)38-13-6-7-13/h5,8-10,13,31,35H,6-7,11H2,1-4H3,(H,29,32)(H,33,34). The normalized spacial score (nSPS) is 15.3. The topological polar surface area (TPSA) is 139 Å². The fourth-order valence-corrected chi connectivity index (χ4v) is 3.90. The zero-order chi connectivity index (χ0) is 28.5. The van der Waals surface area contributed by atoms with E-state index >= 15 is 0 Å². The van der Waals surface area contributed by atoms with Crippen LogP contribution in [0, 0.1) is 0 Å². The molecule has 38 heavy (non-hydrogen) atoms. The van der Waals surface area contributed by atoms with Crippen LogP contribution < -0.4 is 24.8 Å². The Morgan fingerprint density at radius 2 is 1.79 bits per heavy atom. The highest BCUT2D eigenvalue weighted by Gasteiger charge is 2.57. The molecule has 1 heterocycles. The number of carboxylic acid groups (broad SMARTS) is 1. The van der Waals surface area contributed by atoms with E-state index < -0.39 is 46.7 Å². The van der Waals surface area contributed by atoms with Crippen molar-refractivity contribution in [2.24, 2.45) is 0 Å². The average molecular weight is 562 g/mol. The van der Waals surface area contributed by atoms with E-state index in [4.69, 9.17) is 30.9 Å². The number of nitrogens with one attached hydrogen (secondary N) is 2. The van der Waals surface area contributed by atoms with Gasteiger partial charge in [0.05, 0.1) is 38.1 Å². The van der Waals surface area contributed by atoms with E-state index in [1.165, 1.54) is 46.3 Å². The van der Waals surface area contributed by atoms with Crippen molar-refractivity contribution in [2.45, 2.75) is 50.1 Å². The van der Waals surface area contributed by atoms with Crippen molar-refractivity contribution < 1.29 is 47.2 Å². The highest BCUT2D eigenvalue weighted by Crippen LogP contribution is 2.43. The summed E-state index contributed by atoms with van der Waals surface area (Å²) in [6, 6.07) is 4.95. The molecule has 208 valence electrons. The second-order valence-electron chi connectivity index (χ2n) is 9.16. The number of carbonyl (C=O) groups is 2. The number of hydrogen-bond acceptors (Lipinski definition) is 7. The largest absolute Gasteiger partial charge is 0.493 e. The summed E-state index contributed by atoms with van der Waals surface area (Å²) in [6.45, 7) is 1.38. The van der Waals surface area contributed by atoms with Gasteiger partial charge in [-0.25, -0.2) is 9.78 Å². The number of carbonyl (C=O) groups excluding carboxylic acids is 1. The predicted octanol–water partition coefficient (Wildman–Crippen LogP) is 3.98. The predicted molar refractivity (Wildman–Crippen MR) is 129 cm³/mol. The van der Waals surface area contributed by atoms with Crippen LogP contribution in [0.1, 0.15) is 48.3 Å². The zero-order valence-electron chi connectivity index (χ0n) is 20.9. The van der Waals surface area contributed by atoms with Gasteiger partial charge >= 0.3 is 12.3 Å². The van der Waals surface area contributed by atoms with Crippen LogP contribution >= 0.6 is 11.6 Å². The summed E-state index contributed by atoms with van der Waals surface area (Å²) in [5.41, 5.74) is -6.34. The smallest absolute Gasteiger partial charge is 0.424 e. The van der Waals surface area contributed by atoms with Gasteiger partial charge in [-0.05, 0) is 51.0 Å². The first-order chi connectivity index (χ1) is 17.6. The Morgan fingerprint density at radius 1 is 1.13 bits per heavy atom. The van der Waals surface area contributed by atoms with E-state index in [2.05, 4.69) is 15.6 Å². The van der Waals surface area contributed by atoms with Crippen molar-refractivity contribution in [2.75, 3.05) is 20.8 Å². The van der Waals surface area contributed by atoms with Crippen LogP contribution in [0.3, 0.4) is 0 Å². The highest BCUT2D eigenvalue weighted by atomic mass is 35.5. The third kappa shape index (κ3) is 6.16. The average Bonchev–Trinajstić information content (AvgIpc) is 3.64. The summed E-state index contributed by atoms with van der Waals surface area (Å²) in [5, 5.41) is 23.7. The van der Waals surface area contributed by atoms with Crippen molar-refractivity contribution in [1.29, 1.82) is 0 Å². The van der Waals surface area contributed by atoms with E-state index in [0.717, 1.165) is 18.9 Å². The fraction of sp³-hybridized carbons (Fsp3) is 0.458. The third-order valence-electron chi connectivity index (χ3n) is 5.87. The number of aliphatic hydroxyl groups is 1. The summed E-state index contributed by atoms with van der Waals surface area (Å²) in [5.74, 6) is -0.516. The van der Waals surface area contributed by atoms with E-state index in [-0.39, 0.29) is 28.7 Å². The molecular weight excluding hydrogens is 535 g/mol. The maximum absolute atomic E-state index is 14.2. The first-order valence-electron chi connectivity index (χ1n) is 11.3. The summed E-state index contributed by atoms with van der Waals surface area (Å²) in [4.78, 5) is 27.7. The number of nitrogens with zero attached hydrogens (tertiary/aromatic N) is 1. The molecule has 1 aromatic carbocycles. The molecule has 1 unspecified atom stereocenters. The molecule has 0 spiro atoms. The second kappa shape index (κ2) is 10.7. The molecule has 3 rings (SSSR count). The van der Waals surface area contributed by atoms with Gasteiger partial charge in [0.1, 0.15) is 0 Å². The monoisotopic (exact) mass is 561 g/mol. The minimum atomic E-state index is -5.33. The molecule has 4 N–H and O–H groups in total. The molecule has 14 heteroatoms. The van der Waals surface area contributed by atoms with Gasteiger partial charge in [0, 0.05) is 11.1 Å². The van der Waals surface area contributed by atoms with Gasteiger partial charge in [0.25, 0.3) is 5.91 Å². The SMILES string of the molecule is COc1cc(C(=O)NCC(O)(c2cc(C(C)(C)NC(=O)O)c(OC)c(Cl)n2)C(F)(F)F)ccc1OC1CC1. The van der Waals surface area contributed by atoms with Gasteiger partial charge in [-0.1, -0.05) is 11.6 Å². The molecule has 1 aromatic heterocycles. The summed E-state index contributed by atoms with van der Waals surface area (Å²) >= 11 is 6.08. The maximum Gasteiger partial charge on any atom is 0.424 e. The molecule has 0 aliphatic heterocycles. The van der Waals surface area contributed by atoms with Gasteiger partial charge in [-0.2, -0.15) is 13.2 Å². The van der Waals surface area contributed by atoms with Crippen molar-refractivity contribution in [3.63, 3.8) is 0 Å². The number of hydrogen-bond donors (Lipinski definition) is 4. The first kappa shape index (κ1) is 29.1. The molecular formula is C24H27ClF3N3O7. The molecule has 2 aromatic rings. The first-order valence-corrected chi connectivity index (χ1v) is 11.7. The van der Waals surface area contributed by atoms with Crippen LogP contribution in [0.5, 0.6) is 17.2 Å². The number of rotatable bonds is 10. The molecule has 1 saturated carbocycles. The van der Waals surface area contributed by atoms with Crippen LogP contribution in [-0.2, 0) is 11.1 Å². The van der Waals surface area contributed by atoms with Crippen molar-refractivity contribution in [3.05, 3.63) is 46.2 Å². The number of amides is 2. The molecule has 1 aliphatic rings. The van der Waals surface area contributed by atoms with Crippen LogP contribution in [0.2, 0.25) is 5.15 Å². The van der Waals surface area contributed by atoms with E-state index in [1.54, 1.807) is 0 Å². The third-order valence-corrected chi connectivity index (χ3v) is 6.13. The Hall–Kier alpha value is -3.45. The Labute approximate surface area is 221 Å². The molecule has 1 atom stereocenters. The number of pyridine rings is 1. The molecule has 1 fully saturated rings. The van der Waals surface area contributed by atoms with Gasteiger partial charge in [0.15, 0.2) is 22.4 Å². The number of methoxy groups -OCH3 is 2. The number of ether oxygens (including phenoxy) is 3. The van der Waals surface area contributed by atoms with Gasteiger partial charge in [-0.3, -0.25) is 4.79 Å². The Bertz CT molecular complexity index is 1220. The van der Waals surface area contributed by atoms with E-state index in [0.29, 0.717) is 5.75 Å². The lowest BCUT2D eigenvalue weighted by atomic mass is 9.89. The fourth-order valence-electron chi connectivity index (χ4n) is 3.63. The lowest BCUT2D eigenvalue weighted by Gasteiger charge is -2.33. The second-order valence-corrected chi connectivity index (χ2v) is 9.52. The van der Waals surface area contributed by atoms with Crippen LogP contribution in [0.25, 0.3) is 0 Å². The number of halogens is 4. The van der Waals surface area contributed by atoms with Gasteiger partial charge < -0.3 is 35.1 Å². The number of aromatic nitrogens is 1. The van der Waals surface area contributed by atoms with Gasteiger partial charge in [0.2, 0.25) is 5.60 Å².